The van der Waals surface area contributed by atoms with Crippen LogP contribution >= 0.6 is 11.3 Å². The average molecular weight is 391 g/mol. The minimum absolute atomic E-state index is 0.00352. The van der Waals surface area contributed by atoms with Crippen LogP contribution in [0.2, 0.25) is 0 Å². The molecule has 0 aliphatic rings. The molecule has 0 fully saturated rings. The number of rotatable bonds is 10. The molecule has 1 heterocycles. The highest BCUT2D eigenvalue weighted by atomic mass is 32.1. The van der Waals surface area contributed by atoms with Crippen LogP contribution in [0, 0.1) is 6.92 Å². The summed E-state index contributed by atoms with van der Waals surface area (Å²) in [6.07, 6.45) is 3.24. The van der Waals surface area contributed by atoms with Crippen molar-refractivity contribution in [2.75, 3.05) is 27.2 Å². The van der Waals surface area contributed by atoms with Crippen LogP contribution in [0.25, 0.3) is 0 Å². The third-order valence-corrected chi connectivity index (χ3v) is 4.96. The number of nitrogens with zero attached hydrogens (tertiary/aromatic N) is 2. The highest BCUT2D eigenvalue weighted by Crippen LogP contribution is 2.19. The second-order valence-electron chi connectivity index (χ2n) is 6.33. The molecule has 2 N–H and O–H groups in total. The summed E-state index contributed by atoms with van der Waals surface area (Å²) in [4.78, 5) is 8.76. The fraction of sp³-hybridized carbons (Fsp3) is 0.500. The van der Waals surface area contributed by atoms with Crippen molar-refractivity contribution in [3.63, 3.8) is 0 Å². The Kier molecular flexibility index (Phi) is 8.91. The topological polar surface area (TPSA) is 67.8 Å². The number of nitrogens with one attached hydrogen (secondary N) is 2. The Hall–Kier alpha value is -2.28. The van der Waals surface area contributed by atoms with Crippen molar-refractivity contribution in [3.8, 4) is 11.5 Å². The minimum atomic E-state index is 0.00352. The van der Waals surface area contributed by atoms with E-state index in [0.29, 0.717) is 6.54 Å². The molecule has 0 aliphatic heterocycles. The van der Waals surface area contributed by atoms with Gasteiger partial charge in [0.25, 0.3) is 0 Å². The number of aliphatic imine (C=N–C) groups is 1. The van der Waals surface area contributed by atoms with E-state index in [2.05, 4.69) is 26.0 Å². The standard InChI is InChI=1S/C20H30N4O2S/c1-15-14-27-19(24-15)10-5-6-11-22-20(21-3)23-13-16(2)26-18-9-7-8-17(12-18)25-4/h7-9,12,14,16H,5-6,10-11,13H2,1-4H3,(H2,21,22,23). The molecule has 0 saturated heterocycles. The Morgan fingerprint density at radius 3 is 2.78 bits per heavy atom. The second kappa shape index (κ2) is 11.4. The van der Waals surface area contributed by atoms with Gasteiger partial charge < -0.3 is 20.1 Å². The SMILES string of the molecule is CN=C(NCCCCc1nc(C)cs1)NCC(C)Oc1cccc(OC)c1. The molecule has 0 spiro atoms. The maximum atomic E-state index is 5.91. The number of aromatic nitrogens is 1. The number of hydrogen-bond donors (Lipinski definition) is 2. The lowest BCUT2D eigenvalue weighted by Crippen LogP contribution is -2.42. The first-order chi connectivity index (χ1) is 13.1. The molecule has 2 rings (SSSR count). The van der Waals surface area contributed by atoms with Crippen molar-refractivity contribution in [3.05, 3.63) is 40.3 Å². The predicted octanol–water partition coefficient (Wildman–Crippen LogP) is 3.42. The molecule has 6 nitrogen and oxygen atoms in total. The lowest BCUT2D eigenvalue weighted by atomic mass is 10.2. The van der Waals surface area contributed by atoms with Crippen molar-refractivity contribution in [2.24, 2.45) is 4.99 Å². The Labute approximate surface area is 166 Å². The molecule has 1 atom stereocenters. The van der Waals surface area contributed by atoms with E-state index in [9.17, 15) is 0 Å². The zero-order chi connectivity index (χ0) is 19.5. The Balaban J connectivity index is 1.62. The van der Waals surface area contributed by atoms with Crippen molar-refractivity contribution < 1.29 is 9.47 Å². The maximum absolute atomic E-state index is 5.91. The summed E-state index contributed by atoms with van der Waals surface area (Å²) >= 11 is 1.74. The van der Waals surface area contributed by atoms with E-state index in [1.807, 2.05) is 38.1 Å². The van der Waals surface area contributed by atoms with Gasteiger partial charge in [0, 0.05) is 30.7 Å². The predicted molar refractivity (Wildman–Crippen MR) is 112 cm³/mol. The summed E-state index contributed by atoms with van der Waals surface area (Å²) in [5.41, 5.74) is 1.11. The Bertz CT molecular complexity index is 718. The number of aryl methyl sites for hydroxylation is 2. The zero-order valence-electron chi connectivity index (χ0n) is 16.6. The number of ether oxygens (including phenoxy) is 2. The van der Waals surface area contributed by atoms with E-state index < -0.39 is 0 Å². The first-order valence-corrected chi connectivity index (χ1v) is 10.1. The summed E-state index contributed by atoms with van der Waals surface area (Å²) in [5, 5.41) is 9.97. The van der Waals surface area contributed by atoms with Gasteiger partial charge in [-0.25, -0.2) is 4.98 Å². The van der Waals surface area contributed by atoms with Gasteiger partial charge in [0.2, 0.25) is 0 Å². The van der Waals surface area contributed by atoms with E-state index in [1.165, 1.54) is 5.01 Å². The van der Waals surface area contributed by atoms with Gasteiger partial charge in [0.15, 0.2) is 5.96 Å². The molecule has 1 aromatic heterocycles. The smallest absolute Gasteiger partial charge is 0.191 e. The van der Waals surface area contributed by atoms with Gasteiger partial charge in [0.1, 0.15) is 17.6 Å². The van der Waals surface area contributed by atoms with Gasteiger partial charge in [-0.2, -0.15) is 0 Å². The number of thiazole rings is 1. The van der Waals surface area contributed by atoms with E-state index in [-0.39, 0.29) is 6.10 Å². The van der Waals surface area contributed by atoms with Gasteiger partial charge in [0.05, 0.1) is 18.7 Å². The molecule has 0 amide bonds. The molecule has 2 aromatic rings. The van der Waals surface area contributed by atoms with Crippen LogP contribution < -0.4 is 20.1 Å². The van der Waals surface area contributed by atoms with Crippen LogP contribution in [0.3, 0.4) is 0 Å². The third-order valence-electron chi connectivity index (χ3n) is 3.94. The van der Waals surface area contributed by atoms with Crippen molar-refractivity contribution in [2.45, 2.75) is 39.2 Å². The molecule has 0 aliphatic carbocycles. The van der Waals surface area contributed by atoms with E-state index >= 15 is 0 Å². The minimum Gasteiger partial charge on any atom is -0.497 e. The highest BCUT2D eigenvalue weighted by Gasteiger charge is 2.06. The van der Waals surface area contributed by atoms with Crippen LogP contribution in [-0.4, -0.2) is 44.3 Å². The molecule has 148 valence electrons. The van der Waals surface area contributed by atoms with Crippen LogP contribution in [0.5, 0.6) is 11.5 Å². The quantitative estimate of drug-likeness (QED) is 0.370. The lowest BCUT2D eigenvalue weighted by molar-refractivity contribution is 0.223. The fourth-order valence-corrected chi connectivity index (χ4v) is 3.35. The van der Waals surface area contributed by atoms with Crippen molar-refractivity contribution in [1.82, 2.24) is 15.6 Å². The largest absolute Gasteiger partial charge is 0.497 e. The summed E-state index contributed by atoms with van der Waals surface area (Å²) in [7, 11) is 3.43. The fourth-order valence-electron chi connectivity index (χ4n) is 2.54. The number of benzene rings is 1. The molecule has 7 heteroatoms. The molecule has 1 unspecified atom stereocenters. The summed E-state index contributed by atoms with van der Waals surface area (Å²) < 4.78 is 11.1. The summed E-state index contributed by atoms with van der Waals surface area (Å²) in [6, 6.07) is 7.63. The molecule has 0 saturated carbocycles. The average Bonchev–Trinajstić information content (AvgIpc) is 3.09. The van der Waals surface area contributed by atoms with Gasteiger partial charge >= 0.3 is 0 Å². The number of methoxy groups -OCH3 is 1. The van der Waals surface area contributed by atoms with E-state index in [0.717, 1.165) is 49.0 Å². The Morgan fingerprint density at radius 2 is 2.07 bits per heavy atom. The van der Waals surface area contributed by atoms with E-state index in [4.69, 9.17) is 9.47 Å². The third kappa shape index (κ3) is 7.86. The summed E-state index contributed by atoms with van der Waals surface area (Å²) in [5.74, 6) is 2.38. The molecule has 0 bridgehead atoms. The molecular formula is C20H30N4O2S. The monoisotopic (exact) mass is 390 g/mol. The van der Waals surface area contributed by atoms with Gasteiger partial charge in [-0.05, 0) is 45.2 Å². The first-order valence-electron chi connectivity index (χ1n) is 9.27. The lowest BCUT2D eigenvalue weighted by Gasteiger charge is -2.18. The number of unbranched alkanes of at least 4 members (excludes halogenated alkanes) is 1. The van der Waals surface area contributed by atoms with Crippen LogP contribution in [0.1, 0.15) is 30.5 Å². The van der Waals surface area contributed by atoms with Crippen LogP contribution in [0.15, 0.2) is 34.6 Å². The maximum Gasteiger partial charge on any atom is 0.191 e. The van der Waals surface area contributed by atoms with Gasteiger partial charge in [-0.15, -0.1) is 11.3 Å². The van der Waals surface area contributed by atoms with E-state index in [1.54, 1.807) is 25.5 Å². The molecule has 0 radical (unpaired) electrons. The normalized spacial score (nSPS) is 12.5. The Morgan fingerprint density at radius 1 is 1.26 bits per heavy atom. The van der Waals surface area contributed by atoms with Crippen molar-refractivity contribution in [1.29, 1.82) is 0 Å². The van der Waals surface area contributed by atoms with Gasteiger partial charge in [-0.3, -0.25) is 4.99 Å². The number of guanidine groups is 1. The summed E-state index contributed by atoms with van der Waals surface area (Å²) in [6.45, 7) is 5.61. The molecule has 27 heavy (non-hydrogen) atoms. The highest BCUT2D eigenvalue weighted by molar-refractivity contribution is 7.09. The zero-order valence-corrected chi connectivity index (χ0v) is 17.4. The number of hydrogen-bond acceptors (Lipinski definition) is 5. The van der Waals surface area contributed by atoms with Crippen LogP contribution in [0.4, 0.5) is 0 Å². The molecule has 1 aromatic carbocycles. The van der Waals surface area contributed by atoms with Crippen molar-refractivity contribution >= 4 is 17.3 Å². The molecular weight excluding hydrogens is 360 g/mol. The van der Waals surface area contributed by atoms with Gasteiger partial charge in [-0.1, -0.05) is 6.07 Å². The first kappa shape index (κ1) is 21.0. The second-order valence-corrected chi connectivity index (χ2v) is 7.27. The van der Waals surface area contributed by atoms with Crippen LogP contribution in [-0.2, 0) is 6.42 Å².